The van der Waals surface area contributed by atoms with Gasteiger partial charge >= 0.3 is 0 Å². The summed E-state index contributed by atoms with van der Waals surface area (Å²) in [6.07, 6.45) is 8.37. The highest BCUT2D eigenvalue weighted by molar-refractivity contribution is 5.47. The Morgan fingerprint density at radius 1 is 1.43 bits per heavy atom. The minimum absolute atomic E-state index is 0.928. The Morgan fingerprint density at radius 2 is 2.29 bits per heavy atom. The molecule has 0 amide bonds. The van der Waals surface area contributed by atoms with Gasteiger partial charge in [-0.1, -0.05) is 25.8 Å². The first-order valence-corrected chi connectivity index (χ1v) is 5.20. The van der Waals surface area contributed by atoms with E-state index >= 15 is 0 Å². The van der Waals surface area contributed by atoms with Crippen molar-refractivity contribution in [3.8, 4) is 0 Å². The van der Waals surface area contributed by atoms with Crippen LogP contribution in [-0.4, -0.2) is 4.98 Å². The Labute approximate surface area is 85.9 Å². The highest BCUT2D eigenvalue weighted by Gasteiger charge is 1.92. The van der Waals surface area contributed by atoms with E-state index in [0.29, 0.717) is 0 Å². The molecule has 1 aromatic heterocycles. The monoisotopic (exact) mass is 190 g/mol. The van der Waals surface area contributed by atoms with E-state index in [1.54, 1.807) is 6.20 Å². The van der Waals surface area contributed by atoms with Crippen LogP contribution in [0, 0.1) is 0 Å². The summed E-state index contributed by atoms with van der Waals surface area (Å²) in [5.74, 6) is 0. The molecular weight excluding hydrogens is 172 g/mol. The first-order chi connectivity index (χ1) is 6.83. The largest absolute Gasteiger partial charge is 0.402 e. The molecule has 0 saturated carbocycles. The molecule has 0 bridgehead atoms. The molecule has 1 aromatic rings. The number of nitrogens with zero attached hydrogens (tertiary/aromatic N) is 1. The predicted octanol–water partition coefficient (Wildman–Crippen LogP) is 2.96. The molecule has 0 aromatic carbocycles. The Bertz CT molecular complexity index is 278. The van der Waals surface area contributed by atoms with E-state index in [4.69, 9.17) is 5.73 Å². The van der Waals surface area contributed by atoms with Crippen LogP contribution in [0.4, 0.5) is 0 Å². The summed E-state index contributed by atoms with van der Waals surface area (Å²) in [4.78, 5) is 4.19. The van der Waals surface area contributed by atoms with Gasteiger partial charge in [-0.15, -0.1) is 0 Å². The SMILES string of the molecule is CCCCCC(N)=Cc1ccccn1. The highest BCUT2D eigenvalue weighted by Crippen LogP contribution is 2.07. The summed E-state index contributed by atoms with van der Waals surface area (Å²) in [6, 6.07) is 5.84. The van der Waals surface area contributed by atoms with Gasteiger partial charge in [0.25, 0.3) is 0 Å². The maximum Gasteiger partial charge on any atom is 0.0646 e. The first kappa shape index (κ1) is 10.8. The van der Waals surface area contributed by atoms with Crippen LogP contribution < -0.4 is 5.73 Å². The van der Waals surface area contributed by atoms with Gasteiger partial charge in [-0.2, -0.15) is 0 Å². The zero-order chi connectivity index (χ0) is 10.2. The van der Waals surface area contributed by atoms with Gasteiger partial charge in [0.05, 0.1) is 5.69 Å². The van der Waals surface area contributed by atoms with Crippen LogP contribution in [0.1, 0.15) is 38.3 Å². The molecule has 0 aliphatic rings. The molecule has 0 unspecified atom stereocenters. The maximum absolute atomic E-state index is 5.87. The third-order valence-electron chi connectivity index (χ3n) is 2.09. The van der Waals surface area contributed by atoms with Gasteiger partial charge in [0.1, 0.15) is 0 Å². The Kier molecular flexibility index (Phi) is 4.76. The quantitative estimate of drug-likeness (QED) is 0.725. The van der Waals surface area contributed by atoms with Crippen LogP contribution in [0.2, 0.25) is 0 Å². The molecule has 14 heavy (non-hydrogen) atoms. The van der Waals surface area contributed by atoms with Gasteiger partial charge in [-0.05, 0) is 31.1 Å². The van der Waals surface area contributed by atoms with Crippen molar-refractivity contribution in [2.45, 2.75) is 32.6 Å². The molecule has 0 fully saturated rings. The lowest BCUT2D eigenvalue weighted by Gasteiger charge is -2.00. The maximum atomic E-state index is 5.87. The molecule has 0 aliphatic heterocycles. The van der Waals surface area contributed by atoms with E-state index in [1.807, 2.05) is 24.3 Å². The molecule has 0 radical (unpaired) electrons. The number of nitrogens with two attached hydrogens (primary N) is 1. The van der Waals surface area contributed by atoms with Crippen molar-refractivity contribution in [2.75, 3.05) is 0 Å². The number of allylic oxidation sites excluding steroid dienone is 1. The van der Waals surface area contributed by atoms with Crippen molar-refractivity contribution in [3.05, 3.63) is 35.8 Å². The number of rotatable bonds is 5. The fraction of sp³-hybridized carbons (Fsp3) is 0.417. The van der Waals surface area contributed by atoms with Crippen molar-refractivity contribution in [1.82, 2.24) is 4.98 Å². The average molecular weight is 190 g/mol. The van der Waals surface area contributed by atoms with Crippen molar-refractivity contribution >= 4 is 6.08 Å². The molecule has 2 N–H and O–H groups in total. The van der Waals surface area contributed by atoms with Crippen LogP contribution in [0.5, 0.6) is 0 Å². The van der Waals surface area contributed by atoms with Crippen molar-refractivity contribution < 1.29 is 0 Å². The normalized spacial score (nSPS) is 11.6. The molecule has 2 nitrogen and oxygen atoms in total. The van der Waals surface area contributed by atoms with Crippen LogP contribution in [0.3, 0.4) is 0 Å². The van der Waals surface area contributed by atoms with Gasteiger partial charge in [0, 0.05) is 11.9 Å². The lowest BCUT2D eigenvalue weighted by molar-refractivity contribution is 0.711. The number of aromatic nitrogens is 1. The Hall–Kier alpha value is -1.31. The van der Waals surface area contributed by atoms with Gasteiger partial charge in [0.2, 0.25) is 0 Å². The van der Waals surface area contributed by atoms with E-state index in [0.717, 1.165) is 17.8 Å². The van der Waals surface area contributed by atoms with Crippen molar-refractivity contribution in [2.24, 2.45) is 5.73 Å². The molecule has 1 heterocycles. The fourth-order valence-corrected chi connectivity index (χ4v) is 1.30. The summed E-state index contributed by atoms with van der Waals surface area (Å²) in [7, 11) is 0. The zero-order valence-electron chi connectivity index (χ0n) is 8.74. The van der Waals surface area contributed by atoms with Crippen molar-refractivity contribution in [1.29, 1.82) is 0 Å². The summed E-state index contributed by atoms with van der Waals surface area (Å²) in [5, 5.41) is 0. The summed E-state index contributed by atoms with van der Waals surface area (Å²) >= 11 is 0. The molecular formula is C12H18N2. The molecule has 2 heteroatoms. The second kappa shape index (κ2) is 6.19. The minimum atomic E-state index is 0.928. The molecule has 0 aliphatic carbocycles. The lowest BCUT2D eigenvalue weighted by Crippen LogP contribution is -1.97. The molecule has 1 rings (SSSR count). The summed E-state index contributed by atoms with van der Waals surface area (Å²) in [6.45, 7) is 2.19. The molecule has 0 atom stereocenters. The third-order valence-corrected chi connectivity index (χ3v) is 2.09. The number of hydrogen-bond donors (Lipinski definition) is 1. The van der Waals surface area contributed by atoms with Gasteiger partial charge in [-0.25, -0.2) is 0 Å². The van der Waals surface area contributed by atoms with E-state index in [1.165, 1.54) is 19.3 Å². The van der Waals surface area contributed by atoms with E-state index in [9.17, 15) is 0 Å². The second-order valence-electron chi connectivity index (χ2n) is 3.43. The standard InChI is InChI=1S/C12H18N2/c1-2-3-4-7-11(13)10-12-8-5-6-9-14-12/h5-6,8-10H,2-4,7,13H2,1H3. The fourth-order valence-electron chi connectivity index (χ4n) is 1.30. The lowest BCUT2D eigenvalue weighted by atomic mass is 10.1. The summed E-state index contributed by atoms with van der Waals surface area (Å²) < 4.78 is 0. The van der Waals surface area contributed by atoms with Gasteiger partial charge in [0.15, 0.2) is 0 Å². The van der Waals surface area contributed by atoms with E-state index < -0.39 is 0 Å². The molecule has 0 spiro atoms. The zero-order valence-corrected chi connectivity index (χ0v) is 8.74. The van der Waals surface area contributed by atoms with Crippen molar-refractivity contribution in [3.63, 3.8) is 0 Å². The second-order valence-corrected chi connectivity index (χ2v) is 3.43. The van der Waals surface area contributed by atoms with Gasteiger partial charge < -0.3 is 5.73 Å². The Morgan fingerprint density at radius 3 is 2.93 bits per heavy atom. The van der Waals surface area contributed by atoms with E-state index in [-0.39, 0.29) is 0 Å². The summed E-state index contributed by atoms with van der Waals surface area (Å²) in [5.41, 5.74) is 7.74. The highest BCUT2D eigenvalue weighted by atomic mass is 14.7. The number of pyridine rings is 1. The molecule has 0 saturated heterocycles. The molecule has 76 valence electrons. The average Bonchev–Trinajstić information content (AvgIpc) is 2.20. The van der Waals surface area contributed by atoms with Gasteiger partial charge in [-0.3, -0.25) is 4.98 Å². The van der Waals surface area contributed by atoms with Crippen LogP contribution in [-0.2, 0) is 0 Å². The Balaban J connectivity index is 2.43. The van der Waals surface area contributed by atoms with Crippen LogP contribution in [0.15, 0.2) is 30.1 Å². The van der Waals surface area contributed by atoms with E-state index in [2.05, 4.69) is 11.9 Å². The minimum Gasteiger partial charge on any atom is -0.402 e. The number of unbranched alkanes of at least 4 members (excludes halogenated alkanes) is 2. The number of hydrogen-bond acceptors (Lipinski definition) is 2. The topological polar surface area (TPSA) is 38.9 Å². The smallest absolute Gasteiger partial charge is 0.0646 e. The predicted molar refractivity (Wildman–Crippen MR) is 60.5 cm³/mol. The third kappa shape index (κ3) is 4.08. The van der Waals surface area contributed by atoms with Crippen LogP contribution >= 0.6 is 0 Å². The first-order valence-electron chi connectivity index (χ1n) is 5.20. The van der Waals surface area contributed by atoms with Crippen LogP contribution in [0.25, 0.3) is 6.08 Å².